The Balaban J connectivity index is 1.62. The second-order valence-electron chi connectivity index (χ2n) is 5.29. The standard InChI is InChI=1S/C13H26N2O/c1-14-8-7-13(5-4-6-13)16-12-11-15-9-2-3-10-15/h14H,2-12H2,1H3. The highest BCUT2D eigenvalue weighted by atomic mass is 16.5. The molecule has 0 radical (unpaired) electrons. The SMILES string of the molecule is CNCCC1(OCCN2CCCC2)CCC1. The zero-order valence-corrected chi connectivity index (χ0v) is 10.6. The summed E-state index contributed by atoms with van der Waals surface area (Å²) < 4.78 is 6.15. The molecule has 0 aromatic heterocycles. The van der Waals surface area contributed by atoms with Gasteiger partial charge in [0.25, 0.3) is 0 Å². The van der Waals surface area contributed by atoms with Gasteiger partial charge < -0.3 is 15.0 Å². The van der Waals surface area contributed by atoms with Crippen LogP contribution in [0.25, 0.3) is 0 Å². The summed E-state index contributed by atoms with van der Waals surface area (Å²) in [5.74, 6) is 0. The number of ether oxygens (including phenoxy) is 1. The highest BCUT2D eigenvalue weighted by Gasteiger charge is 2.37. The zero-order valence-electron chi connectivity index (χ0n) is 10.6. The van der Waals surface area contributed by atoms with E-state index in [1.807, 2.05) is 7.05 Å². The predicted octanol–water partition coefficient (Wildman–Crippen LogP) is 1.63. The molecule has 2 aliphatic rings. The number of nitrogens with one attached hydrogen (secondary N) is 1. The Hall–Kier alpha value is -0.120. The van der Waals surface area contributed by atoms with Crippen molar-refractivity contribution in [3.8, 4) is 0 Å². The molecule has 0 atom stereocenters. The molecule has 16 heavy (non-hydrogen) atoms. The molecular weight excluding hydrogens is 200 g/mol. The van der Waals surface area contributed by atoms with Crippen molar-refractivity contribution in [3.05, 3.63) is 0 Å². The van der Waals surface area contributed by atoms with Crippen LogP contribution >= 0.6 is 0 Å². The summed E-state index contributed by atoms with van der Waals surface area (Å²) in [6, 6.07) is 0. The van der Waals surface area contributed by atoms with Crippen molar-refractivity contribution in [1.29, 1.82) is 0 Å². The average molecular weight is 226 g/mol. The van der Waals surface area contributed by atoms with E-state index in [4.69, 9.17) is 4.74 Å². The summed E-state index contributed by atoms with van der Waals surface area (Å²) in [6.45, 7) is 5.73. The van der Waals surface area contributed by atoms with Gasteiger partial charge in [0.1, 0.15) is 0 Å². The van der Waals surface area contributed by atoms with Gasteiger partial charge in [-0.1, -0.05) is 0 Å². The van der Waals surface area contributed by atoms with Crippen LogP contribution < -0.4 is 5.32 Å². The molecule has 1 heterocycles. The highest BCUT2D eigenvalue weighted by molar-refractivity contribution is 4.90. The molecule has 1 N–H and O–H groups in total. The van der Waals surface area contributed by atoms with Crippen molar-refractivity contribution >= 4 is 0 Å². The van der Waals surface area contributed by atoms with E-state index in [2.05, 4.69) is 10.2 Å². The second-order valence-corrected chi connectivity index (χ2v) is 5.29. The van der Waals surface area contributed by atoms with E-state index in [0.717, 1.165) is 19.7 Å². The molecule has 2 fully saturated rings. The second kappa shape index (κ2) is 5.99. The predicted molar refractivity (Wildman–Crippen MR) is 66.8 cm³/mol. The van der Waals surface area contributed by atoms with E-state index in [1.54, 1.807) is 0 Å². The van der Waals surface area contributed by atoms with Crippen molar-refractivity contribution in [3.63, 3.8) is 0 Å². The average Bonchev–Trinajstić information content (AvgIpc) is 2.73. The third kappa shape index (κ3) is 3.19. The molecule has 94 valence electrons. The third-order valence-corrected chi connectivity index (χ3v) is 4.11. The van der Waals surface area contributed by atoms with Gasteiger partial charge in [-0.15, -0.1) is 0 Å². The summed E-state index contributed by atoms with van der Waals surface area (Å²) in [4.78, 5) is 2.53. The van der Waals surface area contributed by atoms with Crippen LogP contribution in [0.1, 0.15) is 38.5 Å². The molecule has 0 amide bonds. The normalized spacial score (nSPS) is 24.6. The van der Waals surface area contributed by atoms with Gasteiger partial charge in [0.05, 0.1) is 12.2 Å². The van der Waals surface area contributed by atoms with Crippen LogP contribution in [-0.4, -0.2) is 50.3 Å². The Labute approximate surface area is 99.5 Å². The molecule has 2 rings (SSSR count). The molecule has 0 aromatic rings. The van der Waals surface area contributed by atoms with Crippen LogP contribution in [0, 0.1) is 0 Å². The summed E-state index contributed by atoms with van der Waals surface area (Å²) in [5, 5.41) is 3.23. The first-order chi connectivity index (χ1) is 7.85. The lowest BCUT2D eigenvalue weighted by molar-refractivity contribution is -0.107. The first-order valence-electron chi connectivity index (χ1n) is 6.86. The number of rotatable bonds is 7. The maximum absolute atomic E-state index is 6.15. The van der Waals surface area contributed by atoms with Gasteiger partial charge in [0.15, 0.2) is 0 Å². The first kappa shape index (κ1) is 12.3. The summed E-state index contributed by atoms with van der Waals surface area (Å²) >= 11 is 0. The molecule has 0 aromatic carbocycles. The first-order valence-corrected chi connectivity index (χ1v) is 6.86. The van der Waals surface area contributed by atoms with E-state index in [1.165, 1.54) is 51.6 Å². The van der Waals surface area contributed by atoms with E-state index in [0.29, 0.717) is 0 Å². The van der Waals surface area contributed by atoms with Gasteiger partial charge in [-0.25, -0.2) is 0 Å². The van der Waals surface area contributed by atoms with E-state index in [9.17, 15) is 0 Å². The van der Waals surface area contributed by atoms with Crippen molar-refractivity contribution in [2.24, 2.45) is 0 Å². The Morgan fingerprint density at radius 2 is 1.94 bits per heavy atom. The van der Waals surface area contributed by atoms with Gasteiger partial charge in [0, 0.05) is 6.54 Å². The third-order valence-electron chi connectivity index (χ3n) is 4.11. The Kier molecular flexibility index (Phi) is 4.62. The molecule has 1 aliphatic carbocycles. The molecule has 1 aliphatic heterocycles. The number of nitrogens with zero attached hydrogens (tertiary/aromatic N) is 1. The van der Waals surface area contributed by atoms with Crippen LogP contribution in [0.2, 0.25) is 0 Å². The van der Waals surface area contributed by atoms with E-state index < -0.39 is 0 Å². The van der Waals surface area contributed by atoms with Gasteiger partial charge in [-0.05, 0) is 65.2 Å². The monoisotopic (exact) mass is 226 g/mol. The molecule has 0 unspecified atom stereocenters. The molecule has 3 heteroatoms. The number of likely N-dealkylation sites (tertiary alicyclic amines) is 1. The van der Waals surface area contributed by atoms with Crippen molar-refractivity contribution in [2.45, 2.75) is 44.1 Å². The molecule has 0 spiro atoms. The smallest absolute Gasteiger partial charge is 0.0695 e. The fraction of sp³-hybridized carbons (Fsp3) is 1.00. The molecular formula is C13H26N2O. The molecule has 1 saturated carbocycles. The van der Waals surface area contributed by atoms with Gasteiger partial charge in [-0.3, -0.25) is 0 Å². The van der Waals surface area contributed by atoms with Gasteiger partial charge in [0.2, 0.25) is 0 Å². The van der Waals surface area contributed by atoms with Crippen LogP contribution in [-0.2, 0) is 4.74 Å². The fourth-order valence-electron chi connectivity index (χ4n) is 2.79. The number of hydrogen-bond donors (Lipinski definition) is 1. The van der Waals surface area contributed by atoms with Crippen LogP contribution in [0.15, 0.2) is 0 Å². The summed E-state index contributed by atoms with van der Waals surface area (Å²) in [5.41, 5.74) is 0.239. The lowest BCUT2D eigenvalue weighted by Gasteiger charge is -2.42. The quantitative estimate of drug-likeness (QED) is 0.714. The van der Waals surface area contributed by atoms with Crippen LogP contribution in [0.3, 0.4) is 0 Å². The Morgan fingerprint density at radius 1 is 1.19 bits per heavy atom. The largest absolute Gasteiger partial charge is 0.374 e. The lowest BCUT2D eigenvalue weighted by Crippen LogP contribution is -2.43. The molecule has 1 saturated heterocycles. The van der Waals surface area contributed by atoms with Crippen molar-refractivity contribution in [1.82, 2.24) is 10.2 Å². The van der Waals surface area contributed by atoms with Crippen LogP contribution in [0.5, 0.6) is 0 Å². The van der Waals surface area contributed by atoms with Crippen molar-refractivity contribution in [2.75, 3.05) is 39.8 Å². The maximum Gasteiger partial charge on any atom is 0.0695 e. The van der Waals surface area contributed by atoms with Crippen LogP contribution in [0.4, 0.5) is 0 Å². The lowest BCUT2D eigenvalue weighted by atomic mass is 9.77. The maximum atomic E-state index is 6.15. The van der Waals surface area contributed by atoms with Gasteiger partial charge >= 0.3 is 0 Å². The van der Waals surface area contributed by atoms with E-state index >= 15 is 0 Å². The minimum absolute atomic E-state index is 0.239. The molecule has 3 nitrogen and oxygen atoms in total. The Morgan fingerprint density at radius 3 is 2.50 bits per heavy atom. The minimum atomic E-state index is 0.239. The summed E-state index contributed by atoms with van der Waals surface area (Å²) in [6.07, 6.45) is 7.84. The highest BCUT2D eigenvalue weighted by Crippen LogP contribution is 2.38. The topological polar surface area (TPSA) is 24.5 Å². The minimum Gasteiger partial charge on any atom is -0.374 e. The summed E-state index contributed by atoms with van der Waals surface area (Å²) in [7, 11) is 2.02. The number of hydrogen-bond acceptors (Lipinski definition) is 3. The van der Waals surface area contributed by atoms with E-state index in [-0.39, 0.29) is 5.60 Å². The Bertz CT molecular complexity index is 198. The zero-order chi connectivity index (χ0) is 11.3. The van der Waals surface area contributed by atoms with Gasteiger partial charge in [-0.2, -0.15) is 0 Å². The fourth-order valence-corrected chi connectivity index (χ4v) is 2.79. The molecule has 0 bridgehead atoms. The van der Waals surface area contributed by atoms with Crippen molar-refractivity contribution < 1.29 is 4.74 Å².